The van der Waals surface area contributed by atoms with Crippen molar-refractivity contribution in [3.63, 3.8) is 0 Å². The van der Waals surface area contributed by atoms with E-state index in [0.29, 0.717) is 55.6 Å². The number of hydrogen-bond donors (Lipinski definition) is 3. The van der Waals surface area contributed by atoms with Gasteiger partial charge in [-0.1, -0.05) is 36.2 Å². The number of aryl methyl sites for hydroxylation is 2. The van der Waals surface area contributed by atoms with Gasteiger partial charge in [0, 0.05) is 40.8 Å². The lowest BCUT2D eigenvalue weighted by atomic mass is 9.98. The van der Waals surface area contributed by atoms with Crippen LogP contribution in [0.25, 0.3) is 33.5 Å². The number of benzene rings is 3. The van der Waals surface area contributed by atoms with Crippen molar-refractivity contribution < 1.29 is 27.5 Å². The number of halogens is 6. The molecule has 0 fully saturated rings. The average Bonchev–Trinajstić information content (AvgIpc) is 3.30. The minimum Gasteiger partial charge on any atom is -0.475 e. The van der Waals surface area contributed by atoms with Gasteiger partial charge >= 0.3 is 12.1 Å². The summed E-state index contributed by atoms with van der Waals surface area (Å²) in [6.45, 7) is 2.02. The maximum absolute atomic E-state index is 16.0. The highest BCUT2D eigenvalue weighted by Crippen LogP contribution is 2.33. The van der Waals surface area contributed by atoms with E-state index in [-0.39, 0.29) is 12.2 Å². The van der Waals surface area contributed by atoms with Crippen LogP contribution in [0.5, 0.6) is 0 Å². The van der Waals surface area contributed by atoms with E-state index in [1.165, 1.54) is 0 Å². The molecule has 0 atom stereocenters. The number of anilines is 2. The van der Waals surface area contributed by atoms with Gasteiger partial charge in [0.15, 0.2) is 11.6 Å². The van der Waals surface area contributed by atoms with Crippen LogP contribution >= 0.6 is 23.2 Å². The first kappa shape index (κ1) is 31.5. The van der Waals surface area contributed by atoms with Gasteiger partial charge in [0.25, 0.3) is 0 Å². The second-order valence-electron chi connectivity index (χ2n) is 9.44. The zero-order valence-electron chi connectivity index (χ0n) is 22.7. The lowest BCUT2D eigenvalue weighted by Gasteiger charge is -2.12. The van der Waals surface area contributed by atoms with E-state index in [4.69, 9.17) is 44.6 Å². The molecule has 224 valence electrons. The number of carbonyl (C=O) groups is 1. The highest BCUT2D eigenvalue weighted by atomic mass is 35.5. The molecule has 0 aliphatic heterocycles. The normalized spacial score (nSPS) is 11.3. The zero-order chi connectivity index (χ0) is 31.6. The molecule has 0 aliphatic carbocycles. The number of nitrogens with two attached hydrogens (primary N) is 2. The fraction of sp³-hybridized carbons (Fsp3) is 0.172. The Kier molecular flexibility index (Phi) is 9.12. The van der Waals surface area contributed by atoms with Gasteiger partial charge in [-0.05, 0) is 71.5 Å². The van der Waals surface area contributed by atoms with Crippen molar-refractivity contribution in [2.45, 2.75) is 25.9 Å². The number of rotatable bonds is 5. The number of nitrogens with zero attached hydrogens (tertiary/aromatic N) is 4. The molecule has 2 heterocycles. The molecule has 0 radical (unpaired) electrons. The van der Waals surface area contributed by atoms with Gasteiger partial charge in [-0.25, -0.2) is 23.8 Å². The summed E-state index contributed by atoms with van der Waals surface area (Å²) in [6, 6.07) is 16.1. The summed E-state index contributed by atoms with van der Waals surface area (Å²) in [4.78, 5) is 18.0. The summed E-state index contributed by atoms with van der Waals surface area (Å²) in [5.41, 5.74) is 15.8. The Morgan fingerprint density at radius 3 is 2.33 bits per heavy atom. The third-order valence-corrected chi connectivity index (χ3v) is 6.89. The smallest absolute Gasteiger partial charge is 0.475 e. The largest absolute Gasteiger partial charge is 0.490 e. The molecule has 0 saturated heterocycles. The number of fused-ring (bicyclic) bond motifs is 1. The predicted octanol–water partition coefficient (Wildman–Crippen LogP) is 7.09. The van der Waals surface area contributed by atoms with Crippen LogP contribution in [0.1, 0.15) is 23.7 Å². The number of carboxylic acid groups (broad SMARTS) is 1. The van der Waals surface area contributed by atoms with Crippen LogP contribution in [0.2, 0.25) is 10.0 Å². The summed E-state index contributed by atoms with van der Waals surface area (Å²) in [6.07, 6.45) is -4.10. The summed E-state index contributed by atoms with van der Waals surface area (Å²) in [5.74, 6) is -1.98. The molecule has 0 unspecified atom stereocenters. The van der Waals surface area contributed by atoms with Gasteiger partial charge < -0.3 is 16.6 Å². The number of hydrogen-bond acceptors (Lipinski definition) is 6. The average molecular weight is 635 g/mol. The fourth-order valence-electron chi connectivity index (χ4n) is 4.30. The van der Waals surface area contributed by atoms with Gasteiger partial charge in [0.05, 0.1) is 10.6 Å². The SMILES string of the molecule is CCc1cc(Cc2cc3cc(N)ccc3c(N)n2)c(F)c(-c2nc(-c3ccc(Cl)cc3Cl)nn2C)c1.O=C(O)C(F)(F)F. The molecule has 3 aromatic carbocycles. The Labute approximate surface area is 252 Å². The standard InChI is InChI=1S/C27H23Cl2FN6.C2HF3O2/c1-3-14-8-16(12-19-11-15-10-18(31)5-7-20(15)25(32)33-19)24(30)22(9-14)27-34-26(35-36(27)2)21-6-4-17(28)13-23(21)29;3-2(4,5)1(6)7/h4-11,13H,3,12,31H2,1-2H3,(H2,32,33);(H,6,7). The van der Waals surface area contributed by atoms with E-state index < -0.39 is 12.1 Å². The van der Waals surface area contributed by atoms with Crippen molar-refractivity contribution in [3.05, 3.63) is 87.3 Å². The topological polar surface area (TPSA) is 133 Å². The third kappa shape index (κ3) is 7.15. The lowest BCUT2D eigenvalue weighted by Crippen LogP contribution is -2.21. The number of pyridine rings is 1. The number of aliphatic carboxylic acids is 1. The van der Waals surface area contributed by atoms with Crippen LogP contribution in [0.4, 0.5) is 29.1 Å². The quantitative estimate of drug-likeness (QED) is 0.139. The van der Waals surface area contributed by atoms with Crippen LogP contribution in [0, 0.1) is 5.82 Å². The molecular weight excluding hydrogens is 611 g/mol. The molecule has 0 amide bonds. The number of carboxylic acids is 1. The summed E-state index contributed by atoms with van der Waals surface area (Å²) >= 11 is 12.4. The molecular formula is C29H24Cl2F4N6O2. The Hall–Kier alpha value is -4.42. The van der Waals surface area contributed by atoms with Crippen molar-refractivity contribution in [1.82, 2.24) is 19.7 Å². The molecule has 0 spiro atoms. The molecule has 2 aromatic heterocycles. The molecule has 8 nitrogen and oxygen atoms in total. The summed E-state index contributed by atoms with van der Waals surface area (Å²) in [7, 11) is 1.73. The fourth-order valence-corrected chi connectivity index (χ4v) is 4.79. The number of alkyl halides is 3. The summed E-state index contributed by atoms with van der Waals surface area (Å²) in [5, 5.41) is 14.2. The van der Waals surface area contributed by atoms with Gasteiger partial charge in [-0.3, -0.25) is 0 Å². The van der Waals surface area contributed by atoms with Gasteiger partial charge in [-0.15, -0.1) is 0 Å². The van der Waals surface area contributed by atoms with Crippen molar-refractivity contribution in [3.8, 4) is 22.8 Å². The van der Waals surface area contributed by atoms with E-state index in [9.17, 15) is 13.2 Å². The molecule has 5 aromatic rings. The van der Waals surface area contributed by atoms with Crippen LogP contribution < -0.4 is 11.5 Å². The van der Waals surface area contributed by atoms with E-state index in [1.54, 1.807) is 42.1 Å². The van der Waals surface area contributed by atoms with Gasteiger partial charge in [0.2, 0.25) is 0 Å². The van der Waals surface area contributed by atoms with Crippen LogP contribution in [-0.2, 0) is 24.7 Å². The number of nitrogen functional groups attached to an aromatic ring is 2. The molecule has 0 aliphatic rings. The molecule has 0 saturated carbocycles. The van der Waals surface area contributed by atoms with Crippen LogP contribution in [0.3, 0.4) is 0 Å². The van der Waals surface area contributed by atoms with Crippen molar-refractivity contribution in [2.75, 3.05) is 11.5 Å². The monoisotopic (exact) mass is 634 g/mol. The van der Waals surface area contributed by atoms with E-state index in [2.05, 4.69) is 15.1 Å². The first-order chi connectivity index (χ1) is 20.2. The zero-order valence-corrected chi connectivity index (χ0v) is 24.2. The first-order valence-electron chi connectivity index (χ1n) is 12.6. The Balaban J connectivity index is 0.000000541. The Bertz CT molecular complexity index is 1840. The maximum atomic E-state index is 16.0. The van der Waals surface area contributed by atoms with Crippen LogP contribution in [-0.4, -0.2) is 37.0 Å². The van der Waals surface area contributed by atoms with Crippen molar-refractivity contribution >= 4 is 51.4 Å². The molecule has 5 N–H and O–H groups in total. The third-order valence-electron chi connectivity index (χ3n) is 6.34. The van der Waals surface area contributed by atoms with E-state index >= 15 is 4.39 Å². The highest BCUT2D eigenvalue weighted by molar-refractivity contribution is 6.36. The maximum Gasteiger partial charge on any atom is 0.490 e. The molecule has 0 bridgehead atoms. The summed E-state index contributed by atoms with van der Waals surface area (Å²) < 4.78 is 49.2. The van der Waals surface area contributed by atoms with Crippen molar-refractivity contribution in [2.24, 2.45) is 7.05 Å². The molecule has 5 rings (SSSR count). The number of aromatic nitrogens is 4. The second-order valence-corrected chi connectivity index (χ2v) is 10.3. The van der Waals surface area contributed by atoms with Gasteiger partial charge in [0.1, 0.15) is 11.6 Å². The minimum absolute atomic E-state index is 0.259. The molecule has 43 heavy (non-hydrogen) atoms. The second kappa shape index (κ2) is 12.4. The van der Waals surface area contributed by atoms with E-state index in [1.807, 2.05) is 31.2 Å². The van der Waals surface area contributed by atoms with Crippen molar-refractivity contribution in [1.29, 1.82) is 0 Å². The Morgan fingerprint density at radius 2 is 1.70 bits per heavy atom. The highest BCUT2D eigenvalue weighted by Gasteiger charge is 2.38. The van der Waals surface area contributed by atoms with Crippen LogP contribution in [0.15, 0.2) is 54.6 Å². The lowest BCUT2D eigenvalue weighted by molar-refractivity contribution is -0.192. The van der Waals surface area contributed by atoms with Gasteiger partial charge in [-0.2, -0.15) is 18.3 Å². The molecule has 14 heteroatoms. The first-order valence-corrected chi connectivity index (χ1v) is 13.4. The minimum atomic E-state index is -5.08. The Morgan fingerprint density at radius 1 is 1.00 bits per heavy atom. The van der Waals surface area contributed by atoms with E-state index in [0.717, 1.165) is 22.8 Å². The predicted molar refractivity (Wildman–Crippen MR) is 158 cm³/mol.